The third-order valence-corrected chi connectivity index (χ3v) is 2.58. The lowest BCUT2D eigenvalue weighted by molar-refractivity contribution is 0.403. The van der Waals surface area contributed by atoms with Crippen LogP contribution in [0.25, 0.3) is 0 Å². The summed E-state index contributed by atoms with van der Waals surface area (Å²) < 4.78 is 10.5. The van der Waals surface area contributed by atoms with Crippen molar-refractivity contribution in [3.8, 4) is 5.75 Å². The predicted octanol–water partition coefficient (Wildman–Crippen LogP) is 2.99. The number of furan rings is 1. The van der Waals surface area contributed by atoms with Gasteiger partial charge >= 0.3 is 0 Å². The lowest BCUT2D eigenvalue weighted by atomic mass is 10.0. The van der Waals surface area contributed by atoms with E-state index in [9.17, 15) is 0 Å². The Labute approximate surface area is 98.8 Å². The first kappa shape index (κ1) is 11.0. The molecule has 0 amide bonds. The standard InChI is InChI=1S/C12H12ClNO2/c1-15-9-5-3-2-4-8(9)12(14)10-6-7-11(13)16-10/h2-7,12H,14H2,1H3. The van der Waals surface area contributed by atoms with Crippen LogP contribution in [-0.4, -0.2) is 7.11 Å². The molecule has 0 aliphatic carbocycles. The molecule has 0 fully saturated rings. The van der Waals surface area contributed by atoms with Gasteiger partial charge in [0.1, 0.15) is 11.5 Å². The number of hydrogen-bond acceptors (Lipinski definition) is 3. The van der Waals surface area contributed by atoms with Gasteiger partial charge in [-0.2, -0.15) is 0 Å². The lowest BCUT2D eigenvalue weighted by Gasteiger charge is -2.13. The summed E-state index contributed by atoms with van der Waals surface area (Å²) in [5.41, 5.74) is 6.94. The largest absolute Gasteiger partial charge is 0.496 e. The topological polar surface area (TPSA) is 48.4 Å². The van der Waals surface area contributed by atoms with Gasteiger partial charge in [0.25, 0.3) is 0 Å². The Morgan fingerprint density at radius 2 is 2.00 bits per heavy atom. The van der Waals surface area contributed by atoms with Gasteiger partial charge in [0.2, 0.25) is 0 Å². The molecule has 1 aromatic carbocycles. The zero-order chi connectivity index (χ0) is 11.5. The summed E-state index contributed by atoms with van der Waals surface area (Å²) in [5.74, 6) is 1.36. The number of halogens is 1. The van der Waals surface area contributed by atoms with Crippen LogP contribution in [0.15, 0.2) is 40.8 Å². The van der Waals surface area contributed by atoms with E-state index in [4.69, 9.17) is 26.5 Å². The fourth-order valence-electron chi connectivity index (χ4n) is 1.57. The minimum absolute atomic E-state index is 0.334. The second kappa shape index (κ2) is 4.60. The molecule has 1 unspecified atom stereocenters. The molecule has 0 spiro atoms. The molecule has 84 valence electrons. The van der Waals surface area contributed by atoms with Crippen molar-refractivity contribution in [3.05, 3.63) is 52.9 Å². The van der Waals surface area contributed by atoms with Gasteiger partial charge in [0.15, 0.2) is 5.22 Å². The van der Waals surface area contributed by atoms with E-state index in [1.54, 1.807) is 19.2 Å². The third kappa shape index (κ3) is 2.05. The van der Waals surface area contributed by atoms with Crippen LogP contribution >= 0.6 is 11.6 Å². The first-order chi connectivity index (χ1) is 7.72. The smallest absolute Gasteiger partial charge is 0.193 e. The van der Waals surface area contributed by atoms with Crippen molar-refractivity contribution in [2.45, 2.75) is 6.04 Å². The number of ether oxygens (including phenoxy) is 1. The molecular weight excluding hydrogens is 226 g/mol. The SMILES string of the molecule is COc1ccccc1C(N)c1ccc(Cl)o1. The molecule has 0 aliphatic rings. The highest BCUT2D eigenvalue weighted by Crippen LogP contribution is 2.29. The van der Waals surface area contributed by atoms with E-state index < -0.39 is 0 Å². The minimum Gasteiger partial charge on any atom is -0.496 e. The predicted molar refractivity (Wildman–Crippen MR) is 62.7 cm³/mol. The van der Waals surface area contributed by atoms with Crippen molar-refractivity contribution in [1.82, 2.24) is 0 Å². The maximum absolute atomic E-state index is 6.07. The van der Waals surface area contributed by atoms with Crippen molar-refractivity contribution in [2.75, 3.05) is 7.11 Å². The molecule has 0 saturated carbocycles. The maximum atomic E-state index is 6.07. The zero-order valence-corrected chi connectivity index (χ0v) is 9.57. The van der Waals surface area contributed by atoms with Crippen LogP contribution in [0.5, 0.6) is 5.75 Å². The number of para-hydroxylation sites is 1. The van der Waals surface area contributed by atoms with Crippen LogP contribution < -0.4 is 10.5 Å². The zero-order valence-electron chi connectivity index (χ0n) is 8.81. The van der Waals surface area contributed by atoms with Crippen molar-refractivity contribution in [1.29, 1.82) is 0 Å². The van der Waals surface area contributed by atoms with Crippen LogP contribution in [0.4, 0.5) is 0 Å². The van der Waals surface area contributed by atoms with Gasteiger partial charge in [0, 0.05) is 5.56 Å². The van der Waals surface area contributed by atoms with E-state index >= 15 is 0 Å². The Morgan fingerprint density at radius 1 is 1.25 bits per heavy atom. The Kier molecular flexibility index (Phi) is 3.17. The number of rotatable bonds is 3. The highest BCUT2D eigenvalue weighted by atomic mass is 35.5. The Bertz CT molecular complexity index is 481. The molecule has 0 saturated heterocycles. The van der Waals surface area contributed by atoms with Crippen LogP contribution in [0.1, 0.15) is 17.4 Å². The van der Waals surface area contributed by atoms with E-state index in [0.29, 0.717) is 11.0 Å². The summed E-state index contributed by atoms with van der Waals surface area (Å²) in [5, 5.41) is 0.334. The molecule has 0 aliphatic heterocycles. The average Bonchev–Trinajstić information content (AvgIpc) is 2.75. The van der Waals surface area contributed by atoms with Crippen molar-refractivity contribution < 1.29 is 9.15 Å². The Morgan fingerprint density at radius 3 is 2.62 bits per heavy atom. The molecule has 2 N–H and O–H groups in total. The molecule has 1 atom stereocenters. The van der Waals surface area contributed by atoms with Gasteiger partial charge < -0.3 is 14.9 Å². The molecular formula is C12H12ClNO2. The minimum atomic E-state index is -0.372. The van der Waals surface area contributed by atoms with E-state index in [0.717, 1.165) is 11.3 Å². The van der Waals surface area contributed by atoms with Gasteiger partial charge in [-0.1, -0.05) is 18.2 Å². The van der Waals surface area contributed by atoms with Crippen molar-refractivity contribution >= 4 is 11.6 Å². The molecule has 0 bridgehead atoms. The van der Waals surface area contributed by atoms with Gasteiger partial charge in [-0.05, 0) is 29.8 Å². The average molecular weight is 238 g/mol. The van der Waals surface area contributed by atoms with Gasteiger partial charge in [-0.25, -0.2) is 0 Å². The van der Waals surface area contributed by atoms with Crippen LogP contribution in [0.3, 0.4) is 0 Å². The highest BCUT2D eigenvalue weighted by Gasteiger charge is 2.16. The first-order valence-corrected chi connectivity index (χ1v) is 5.24. The maximum Gasteiger partial charge on any atom is 0.193 e. The summed E-state index contributed by atoms with van der Waals surface area (Å²) in [7, 11) is 1.61. The summed E-state index contributed by atoms with van der Waals surface area (Å²) >= 11 is 5.71. The molecule has 1 aromatic heterocycles. The van der Waals surface area contributed by atoms with Crippen LogP contribution in [0.2, 0.25) is 5.22 Å². The molecule has 2 rings (SSSR count). The van der Waals surface area contributed by atoms with Gasteiger partial charge in [0.05, 0.1) is 13.2 Å². The molecule has 16 heavy (non-hydrogen) atoms. The van der Waals surface area contributed by atoms with Crippen molar-refractivity contribution in [3.63, 3.8) is 0 Å². The summed E-state index contributed by atoms with van der Waals surface area (Å²) in [6, 6.07) is 10.6. The van der Waals surface area contributed by atoms with Crippen LogP contribution in [-0.2, 0) is 0 Å². The van der Waals surface area contributed by atoms with E-state index in [2.05, 4.69) is 0 Å². The number of nitrogens with two attached hydrogens (primary N) is 1. The molecule has 0 radical (unpaired) electrons. The van der Waals surface area contributed by atoms with E-state index in [1.165, 1.54) is 0 Å². The fraction of sp³-hybridized carbons (Fsp3) is 0.167. The molecule has 2 aromatic rings. The van der Waals surface area contributed by atoms with E-state index in [-0.39, 0.29) is 6.04 Å². The van der Waals surface area contributed by atoms with E-state index in [1.807, 2.05) is 24.3 Å². The number of hydrogen-bond donors (Lipinski definition) is 1. The Balaban J connectivity index is 2.36. The first-order valence-electron chi connectivity index (χ1n) is 4.86. The molecule has 4 heteroatoms. The monoisotopic (exact) mass is 237 g/mol. The number of methoxy groups -OCH3 is 1. The van der Waals surface area contributed by atoms with Crippen molar-refractivity contribution in [2.24, 2.45) is 5.73 Å². The van der Waals surface area contributed by atoms with Crippen LogP contribution in [0, 0.1) is 0 Å². The molecule has 1 heterocycles. The Hall–Kier alpha value is -1.45. The second-order valence-electron chi connectivity index (χ2n) is 3.36. The third-order valence-electron chi connectivity index (χ3n) is 2.37. The lowest BCUT2D eigenvalue weighted by Crippen LogP contribution is -2.12. The van der Waals surface area contributed by atoms with Gasteiger partial charge in [-0.15, -0.1) is 0 Å². The summed E-state index contributed by atoms with van der Waals surface area (Å²) in [6.07, 6.45) is 0. The second-order valence-corrected chi connectivity index (χ2v) is 3.73. The number of benzene rings is 1. The molecule has 3 nitrogen and oxygen atoms in total. The highest BCUT2D eigenvalue weighted by molar-refractivity contribution is 6.28. The summed E-state index contributed by atoms with van der Waals surface area (Å²) in [4.78, 5) is 0. The fourth-order valence-corrected chi connectivity index (χ4v) is 1.72. The summed E-state index contributed by atoms with van der Waals surface area (Å²) in [6.45, 7) is 0. The quantitative estimate of drug-likeness (QED) is 0.893. The van der Waals surface area contributed by atoms with Gasteiger partial charge in [-0.3, -0.25) is 0 Å². The normalized spacial score (nSPS) is 12.4.